The first kappa shape index (κ1) is 16.0. The molecule has 1 atom stereocenters. The zero-order valence-corrected chi connectivity index (χ0v) is 12.1. The molecule has 19 heavy (non-hydrogen) atoms. The third-order valence-corrected chi connectivity index (χ3v) is 3.90. The zero-order chi connectivity index (χ0) is 14.5. The Morgan fingerprint density at radius 1 is 1.37 bits per heavy atom. The van der Waals surface area contributed by atoms with E-state index in [-0.39, 0.29) is 12.5 Å². The first-order valence-electron chi connectivity index (χ1n) is 6.85. The predicted molar refractivity (Wildman–Crippen MR) is 71.8 cm³/mol. The van der Waals surface area contributed by atoms with Crippen molar-refractivity contribution in [2.75, 3.05) is 13.7 Å². The summed E-state index contributed by atoms with van der Waals surface area (Å²) in [6.07, 6.45) is 4.77. The molecule has 0 aliphatic heterocycles. The fourth-order valence-corrected chi connectivity index (χ4v) is 2.52. The Kier molecular flexibility index (Phi) is 5.79. The fraction of sp³-hybridized carbons (Fsp3) is 0.857. The van der Waals surface area contributed by atoms with Crippen LogP contribution in [0.15, 0.2) is 0 Å². The van der Waals surface area contributed by atoms with Crippen molar-refractivity contribution in [1.82, 2.24) is 5.32 Å². The van der Waals surface area contributed by atoms with Gasteiger partial charge in [-0.1, -0.05) is 13.8 Å². The quantitative estimate of drug-likeness (QED) is 0.772. The third-order valence-electron chi connectivity index (χ3n) is 3.90. The van der Waals surface area contributed by atoms with Crippen LogP contribution in [-0.4, -0.2) is 36.7 Å². The average Bonchev–Trinajstić information content (AvgIpc) is 2.31. The first-order valence-corrected chi connectivity index (χ1v) is 6.85. The number of carbonyl (C=O) groups excluding carboxylic acids is 1. The summed E-state index contributed by atoms with van der Waals surface area (Å²) in [6, 6.07) is -0.947. The van der Waals surface area contributed by atoms with Gasteiger partial charge in [0.15, 0.2) is 6.04 Å². The number of methoxy groups -OCH3 is 1. The summed E-state index contributed by atoms with van der Waals surface area (Å²) in [5.41, 5.74) is 0.382. The summed E-state index contributed by atoms with van der Waals surface area (Å²) in [4.78, 5) is 22.7. The summed E-state index contributed by atoms with van der Waals surface area (Å²) in [7, 11) is 1.42. The van der Waals surface area contributed by atoms with Crippen molar-refractivity contribution in [3.05, 3.63) is 0 Å². The molecule has 5 nitrogen and oxygen atoms in total. The van der Waals surface area contributed by atoms with E-state index in [1.807, 2.05) is 0 Å². The smallest absolute Gasteiger partial charge is 0.328 e. The van der Waals surface area contributed by atoms with Crippen molar-refractivity contribution in [2.45, 2.75) is 52.0 Å². The van der Waals surface area contributed by atoms with Crippen LogP contribution in [0.2, 0.25) is 0 Å². The number of carboxylic acid groups (broad SMARTS) is 1. The van der Waals surface area contributed by atoms with Crippen molar-refractivity contribution in [3.8, 4) is 0 Å². The SMILES string of the molecule is COCC(NC(=O)CC1CCC(C)(C)CC1)C(=O)O. The lowest BCUT2D eigenvalue weighted by molar-refractivity contribution is -0.143. The number of amides is 1. The van der Waals surface area contributed by atoms with Crippen LogP contribution in [-0.2, 0) is 14.3 Å². The number of aliphatic carboxylic acids is 1. The Balaban J connectivity index is 2.37. The van der Waals surface area contributed by atoms with E-state index in [1.54, 1.807) is 0 Å². The molecule has 2 N–H and O–H groups in total. The van der Waals surface area contributed by atoms with Gasteiger partial charge in [0.05, 0.1) is 6.61 Å². The van der Waals surface area contributed by atoms with E-state index in [0.717, 1.165) is 25.7 Å². The third kappa shape index (κ3) is 5.59. The van der Waals surface area contributed by atoms with Gasteiger partial charge in [-0.3, -0.25) is 4.79 Å². The number of rotatable bonds is 6. The molecule has 0 heterocycles. The Hall–Kier alpha value is -1.10. The van der Waals surface area contributed by atoms with Crippen LogP contribution in [0.25, 0.3) is 0 Å². The molecule has 1 aliphatic rings. The molecule has 1 fully saturated rings. The lowest BCUT2D eigenvalue weighted by Crippen LogP contribution is -2.44. The average molecular weight is 271 g/mol. The van der Waals surface area contributed by atoms with E-state index >= 15 is 0 Å². The van der Waals surface area contributed by atoms with Gasteiger partial charge in [0.25, 0.3) is 0 Å². The lowest BCUT2D eigenvalue weighted by atomic mass is 9.72. The van der Waals surface area contributed by atoms with Gasteiger partial charge in [0, 0.05) is 13.5 Å². The Morgan fingerprint density at radius 3 is 2.42 bits per heavy atom. The molecule has 0 saturated heterocycles. The van der Waals surface area contributed by atoms with Crippen LogP contribution >= 0.6 is 0 Å². The van der Waals surface area contributed by atoms with Crippen molar-refractivity contribution in [3.63, 3.8) is 0 Å². The number of hydrogen-bond acceptors (Lipinski definition) is 3. The molecule has 1 aliphatic carbocycles. The van der Waals surface area contributed by atoms with E-state index in [4.69, 9.17) is 9.84 Å². The largest absolute Gasteiger partial charge is 0.480 e. The standard InChI is InChI=1S/C14H25NO4/c1-14(2)6-4-10(5-7-14)8-12(16)15-11(9-19-3)13(17)18/h10-11H,4-9H2,1-3H3,(H,15,16)(H,17,18). The Labute approximate surface area is 114 Å². The van der Waals surface area contributed by atoms with Gasteiger partial charge in [-0.15, -0.1) is 0 Å². The molecule has 0 spiro atoms. The van der Waals surface area contributed by atoms with Crippen LogP contribution in [0.1, 0.15) is 46.0 Å². The fourth-order valence-electron chi connectivity index (χ4n) is 2.52. The van der Waals surface area contributed by atoms with Gasteiger partial charge in [-0.05, 0) is 37.0 Å². The summed E-state index contributed by atoms with van der Waals surface area (Å²) < 4.78 is 4.79. The molecule has 110 valence electrons. The van der Waals surface area contributed by atoms with E-state index in [1.165, 1.54) is 7.11 Å². The Morgan fingerprint density at radius 2 is 1.95 bits per heavy atom. The van der Waals surface area contributed by atoms with Crippen LogP contribution in [0, 0.1) is 11.3 Å². The molecule has 5 heteroatoms. The summed E-state index contributed by atoms with van der Waals surface area (Å²) in [5.74, 6) is -0.862. The lowest BCUT2D eigenvalue weighted by Gasteiger charge is -2.34. The predicted octanol–water partition coefficient (Wildman–Crippen LogP) is 1.81. The van der Waals surface area contributed by atoms with Crippen LogP contribution in [0.4, 0.5) is 0 Å². The number of hydrogen-bond donors (Lipinski definition) is 2. The van der Waals surface area contributed by atoms with E-state index in [0.29, 0.717) is 17.8 Å². The second kappa shape index (κ2) is 6.89. The van der Waals surface area contributed by atoms with E-state index < -0.39 is 12.0 Å². The normalized spacial score (nSPS) is 20.8. The molecular formula is C14H25NO4. The van der Waals surface area contributed by atoms with Gasteiger partial charge >= 0.3 is 5.97 Å². The maximum absolute atomic E-state index is 11.8. The summed E-state index contributed by atoms with van der Waals surface area (Å²) in [6.45, 7) is 4.50. The molecule has 0 aromatic rings. The van der Waals surface area contributed by atoms with Gasteiger partial charge in [-0.25, -0.2) is 4.79 Å². The molecule has 0 aromatic heterocycles. The van der Waals surface area contributed by atoms with E-state index in [2.05, 4.69) is 19.2 Å². The van der Waals surface area contributed by atoms with Gasteiger partial charge in [-0.2, -0.15) is 0 Å². The number of carboxylic acids is 1. The van der Waals surface area contributed by atoms with Crippen LogP contribution in [0.3, 0.4) is 0 Å². The highest BCUT2D eigenvalue weighted by molar-refractivity contribution is 5.83. The second-order valence-electron chi connectivity index (χ2n) is 6.23. The molecular weight excluding hydrogens is 246 g/mol. The van der Waals surface area contributed by atoms with Crippen LogP contribution < -0.4 is 5.32 Å². The minimum atomic E-state index is -1.06. The highest BCUT2D eigenvalue weighted by atomic mass is 16.5. The van der Waals surface area contributed by atoms with Crippen molar-refractivity contribution in [2.24, 2.45) is 11.3 Å². The summed E-state index contributed by atoms with van der Waals surface area (Å²) in [5, 5.41) is 11.5. The van der Waals surface area contributed by atoms with Crippen molar-refractivity contribution in [1.29, 1.82) is 0 Å². The van der Waals surface area contributed by atoms with Gasteiger partial charge in [0.2, 0.25) is 5.91 Å². The molecule has 0 radical (unpaired) electrons. The number of carbonyl (C=O) groups is 2. The molecule has 1 unspecified atom stereocenters. The molecule has 1 saturated carbocycles. The minimum Gasteiger partial charge on any atom is -0.480 e. The number of nitrogens with one attached hydrogen (secondary N) is 1. The monoisotopic (exact) mass is 271 g/mol. The second-order valence-corrected chi connectivity index (χ2v) is 6.23. The maximum Gasteiger partial charge on any atom is 0.328 e. The topological polar surface area (TPSA) is 75.6 Å². The van der Waals surface area contributed by atoms with Gasteiger partial charge < -0.3 is 15.2 Å². The summed E-state index contributed by atoms with van der Waals surface area (Å²) >= 11 is 0. The minimum absolute atomic E-state index is 0.00122. The maximum atomic E-state index is 11.8. The first-order chi connectivity index (χ1) is 8.84. The van der Waals surface area contributed by atoms with Crippen molar-refractivity contribution < 1.29 is 19.4 Å². The van der Waals surface area contributed by atoms with Crippen LogP contribution in [0.5, 0.6) is 0 Å². The van der Waals surface area contributed by atoms with Crippen molar-refractivity contribution >= 4 is 11.9 Å². The molecule has 1 amide bonds. The number of ether oxygens (including phenoxy) is 1. The molecule has 0 bridgehead atoms. The molecule has 0 aromatic carbocycles. The highest BCUT2D eigenvalue weighted by Gasteiger charge is 2.29. The van der Waals surface area contributed by atoms with Gasteiger partial charge in [0.1, 0.15) is 0 Å². The zero-order valence-electron chi connectivity index (χ0n) is 12.1. The molecule has 1 rings (SSSR count). The Bertz CT molecular complexity index is 317. The highest BCUT2D eigenvalue weighted by Crippen LogP contribution is 2.39. The van der Waals surface area contributed by atoms with E-state index in [9.17, 15) is 9.59 Å².